The third kappa shape index (κ3) is 4.24. The van der Waals surface area contributed by atoms with Crippen molar-refractivity contribution in [2.24, 2.45) is 0 Å². The molecule has 3 rings (SSSR count). The van der Waals surface area contributed by atoms with Crippen molar-refractivity contribution in [3.05, 3.63) is 24.4 Å². The van der Waals surface area contributed by atoms with Gasteiger partial charge in [0.2, 0.25) is 5.91 Å². The molecular formula is C18H28N4O2. The maximum absolute atomic E-state index is 12.5. The lowest BCUT2D eigenvalue weighted by atomic mass is 10.2. The number of ether oxygens (including phenoxy) is 1. The molecule has 6 heteroatoms. The molecule has 1 aromatic rings. The molecule has 0 aromatic carbocycles. The molecule has 0 spiro atoms. The summed E-state index contributed by atoms with van der Waals surface area (Å²) in [6, 6.07) is 6.36. The second-order valence-electron chi connectivity index (χ2n) is 6.79. The Morgan fingerprint density at radius 3 is 2.75 bits per heavy atom. The van der Waals surface area contributed by atoms with Gasteiger partial charge in [-0.2, -0.15) is 0 Å². The molecule has 2 aliphatic heterocycles. The molecule has 6 nitrogen and oxygen atoms in total. The van der Waals surface area contributed by atoms with Gasteiger partial charge in [0.1, 0.15) is 5.82 Å². The first kappa shape index (κ1) is 17.2. The number of carbonyl (C=O) groups excluding carboxylic acids is 1. The molecule has 0 aliphatic carbocycles. The molecule has 2 fully saturated rings. The van der Waals surface area contributed by atoms with E-state index in [0.717, 1.165) is 51.7 Å². The van der Waals surface area contributed by atoms with Crippen LogP contribution < -0.4 is 4.90 Å². The number of pyridine rings is 1. The molecule has 0 radical (unpaired) electrons. The minimum atomic E-state index is 0.262. The highest BCUT2D eigenvalue weighted by Gasteiger charge is 2.26. The number of rotatable bonds is 4. The van der Waals surface area contributed by atoms with Crippen molar-refractivity contribution in [1.82, 2.24) is 14.8 Å². The molecule has 24 heavy (non-hydrogen) atoms. The monoisotopic (exact) mass is 332 g/mol. The van der Waals surface area contributed by atoms with Crippen molar-refractivity contribution in [1.29, 1.82) is 0 Å². The van der Waals surface area contributed by atoms with Gasteiger partial charge in [-0.05, 0) is 26.0 Å². The molecule has 2 aliphatic rings. The maximum atomic E-state index is 12.5. The van der Waals surface area contributed by atoms with E-state index in [4.69, 9.17) is 4.74 Å². The quantitative estimate of drug-likeness (QED) is 0.830. The van der Waals surface area contributed by atoms with Crippen molar-refractivity contribution in [3.8, 4) is 0 Å². The number of piperazine rings is 1. The Morgan fingerprint density at radius 2 is 2.04 bits per heavy atom. The van der Waals surface area contributed by atoms with E-state index in [1.807, 2.05) is 29.3 Å². The van der Waals surface area contributed by atoms with Crippen molar-refractivity contribution in [3.63, 3.8) is 0 Å². The molecule has 0 saturated carbocycles. The number of anilines is 1. The van der Waals surface area contributed by atoms with E-state index in [2.05, 4.69) is 28.6 Å². The Morgan fingerprint density at radius 1 is 1.25 bits per heavy atom. The molecule has 3 heterocycles. The van der Waals surface area contributed by atoms with Crippen LogP contribution in [0.25, 0.3) is 0 Å². The summed E-state index contributed by atoms with van der Waals surface area (Å²) in [5.41, 5.74) is 0. The average molecular weight is 332 g/mol. The van der Waals surface area contributed by atoms with Crippen LogP contribution in [0.1, 0.15) is 20.3 Å². The summed E-state index contributed by atoms with van der Waals surface area (Å²) in [5, 5.41) is 0. The first-order valence-electron chi connectivity index (χ1n) is 8.93. The zero-order valence-corrected chi connectivity index (χ0v) is 14.7. The largest absolute Gasteiger partial charge is 0.376 e. The second kappa shape index (κ2) is 7.94. The van der Waals surface area contributed by atoms with E-state index in [1.165, 1.54) is 0 Å². The van der Waals surface area contributed by atoms with Crippen LogP contribution >= 0.6 is 0 Å². The van der Waals surface area contributed by atoms with Crippen molar-refractivity contribution in [2.75, 3.05) is 50.8 Å². The molecule has 132 valence electrons. The highest BCUT2D eigenvalue weighted by molar-refractivity contribution is 5.76. The lowest BCUT2D eigenvalue weighted by Gasteiger charge is -2.38. The fraction of sp³-hybridized carbons (Fsp3) is 0.667. The average Bonchev–Trinajstić information content (AvgIpc) is 2.63. The zero-order chi connectivity index (χ0) is 16.9. The number of hydrogen-bond donors (Lipinski definition) is 0. The SMILES string of the molecule is CC1CN(CCC(=O)N2CCN(c3ccccn3)CC2)C(C)CO1. The molecule has 1 aromatic heterocycles. The summed E-state index contributed by atoms with van der Waals surface area (Å²) in [5.74, 6) is 1.27. The van der Waals surface area contributed by atoms with Gasteiger partial charge >= 0.3 is 0 Å². The Balaban J connectivity index is 1.44. The summed E-state index contributed by atoms with van der Waals surface area (Å²) in [6.07, 6.45) is 2.68. The van der Waals surface area contributed by atoms with Gasteiger partial charge in [0.15, 0.2) is 0 Å². The minimum absolute atomic E-state index is 0.262. The van der Waals surface area contributed by atoms with Crippen molar-refractivity contribution in [2.45, 2.75) is 32.4 Å². The van der Waals surface area contributed by atoms with Gasteiger partial charge in [-0.1, -0.05) is 6.07 Å². The molecule has 2 atom stereocenters. The minimum Gasteiger partial charge on any atom is -0.376 e. The van der Waals surface area contributed by atoms with Gasteiger partial charge in [-0.15, -0.1) is 0 Å². The van der Waals surface area contributed by atoms with Gasteiger partial charge in [0.05, 0.1) is 12.7 Å². The Hall–Kier alpha value is -1.66. The van der Waals surface area contributed by atoms with Crippen LogP contribution in [-0.2, 0) is 9.53 Å². The summed E-state index contributed by atoms with van der Waals surface area (Å²) < 4.78 is 5.65. The Labute approximate surface area is 144 Å². The Kier molecular flexibility index (Phi) is 5.68. The van der Waals surface area contributed by atoms with E-state index in [0.29, 0.717) is 12.5 Å². The van der Waals surface area contributed by atoms with Crippen LogP contribution in [-0.4, -0.2) is 78.7 Å². The smallest absolute Gasteiger partial charge is 0.223 e. The molecule has 2 saturated heterocycles. The van der Waals surface area contributed by atoms with Gasteiger partial charge in [-0.25, -0.2) is 4.98 Å². The molecule has 1 amide bonds. The van der Waals surface area contributed by atoms with Crippen LogP contribution in [0.15, 0.2) is 24.4 Å². The standard InChI is InChI=1S/C18H28N4O2/c1-15-14-24-16(2)13-22(15)8-6-18(23)21-11-9-20(10-12-21)17-5-3-4-7-19-17/h3-5,7,15-16H,6,8-14H2,1-2H3. The third-order valence-corrected chi connectivity index (χ3v) is 4.96. The lowest BCUT2D eigenvalue weighted by molar-refractivity contribution is -0.132. The van der Waals surface area contributed by atoms with Gasteiger partial charge < -0.3 is 14.5 Å². The number of aromatic nitrogens is 1. The highest BCUT2D eigenvalue weighted by atomic mass is 16.5. The number of hydrogen-bond acceptors (Lipinski definition) is 5. The fourth-order valence-corrected chi connectivity index (χ4v) is 3.41. The summed E-state index contributed by atoms with van der Waals surface area (Å²) in [6.45, 7) is 10.0. The highest BCUT2D eigenvalue weighted by Crippen LogP contribution is 2.15. The van der Waals surface area contributed by atoms with Gasteiger partial charge in [-0.3, -0.25) is 9.69 Å². The van der Waals surface area contributed by atoms with E-state index in [-0.39, 0.29) is 12.0 Å². The molecular weight excluding hydrogens is 304 g/mol. The molecule has 2 unspecified atom stereocenters. The number of nitrogens with zero attached hydrogens (tertiary/aromatic N) is 4. The molecule has 0 N–H and O–H groups in total. The Bertz CT molecular complexity index is 531. The van der Waals surface area contributed by atoms with Crippen LogP contribution in [0.3, 0.4) is 0 Å². The second-order valence-corrected chi connectivity index (χ2v) is 6.79. The van der Waals surface area contributed by atoms with E-state index >= 15 is 0 Å². The lowest BCUT2D eigenvalue weighted by Crippen LogP contribution is -2.51. The maximum Gasteiger partial charge on any atom is 0.223 e. The first-order valence-corrected chi connectivity index (χ1v) is 8.93. The van der Waals surface area contributed by atoms with Crippen molar-refractivity contribution < 1.29 is 9.53 Å². The number of morpholine rings is 1. The van der Waals surface area contributed by atoms with Crippen LogP contribution in [0, 0.1) is 0 Å². The first-order chi connectivity index (χ1) is 11.6. The zero-order valence-electron chi connectivity index (χ0n) is 14.7. The van der Waals surface area contributed by atoms with Gasteiger partial charge in [0, 0.05) is 57.9 Å². The van der Waals surface area contributed by atoms with Crippen LogP contribution in [0.2, 0.25) is 0 Å². The van der Waals surface area contributed by atoms with E-state index < -0.39 is 0 Å². The van der Waals surface area contributed by atoms with E-state index in [1.54, 1.807) is 0 Å². The number of carbonyl (C=O) groups is 1. The normalized spacial score (nSPS) is 25.8. The fourth-order valence-electron chi connectivity index (χ4n) is 3.41. The number of amides is 1. The summed E-state index contributed by atoms with van der Waals surface area (Å²) in [7, 11) is 0. The summed E-state index contributed by atoms with van der Waals surface area (Å²) >= 11 is 0. The van der Waals surface area contributed by atoms with Crippen molar-refractivity contribution >= 4 is 11.7 Å². The predicted molar refractivity (Wildman–Crippen MR) is 94.1 cm³/mol. The van der Waals surface area contributed by atoms with Crippen LogP contribution in [0.4, 0.5) is 5.82 Å². The third-order valence-electron chi connectivity index (χ3n) is 4.96. The molecule has 0 bridgehead atoms. The van der Waals surface area contributed by atoms with E-state index in [9.17, 15) is 4.79 Å². The van der Waals surface area contributed by atoms with Gasteiger partial charge in [0.25, 0.3) is 0 Å². The topological polar surface area (TPSA) is 48.9 Å². The summed E-state index contributed by atoms with van der Waals surface area (Å²) in [4.78, 5) is 23.5. The predicted octanol–water partition coefficient (Wildman–Crippen LogP) is 1.23. The van der Waals surface area contributed by atoms with Crippen LogP contribution in [0.5, 0.6) is 0 Å².